The van der Waals surface area contributed by atoms with E-state index in [1.54, 1.807) is 30.0 Å². The summed E-state index contributed by atoms with van der Waals surface area (Å²) in [5.41, 5.74) is 0.396. The highest BCUT2D eigenvalue weighted by molar-refractivity contribution is 7.92. The van der Waals surface area contributed by atoms with Crippen molar-refractivity contribution in [2.45, 2.75) is 6.92 Å². The Labute approximate surface area is 147 Å². The van der Waals surface area contributed by atoms with Crippen molar-refractivity contribution in [2.75, 3.05) is 56.1 Å². The van der Waals surface area contributed by atoms with Crippen LogP contribution >= 0.6 is 0 Å². The summed E-state index contributed by atoms with van der Waals surface area (Å²) in [4.78, 5) is 14.2. The van der Waals surface area contributed by atoms with Gasteiger partial charge in [-0.15, -0.1) is 0 Å². The molecule has 1 aromatic carbocycles. The Bertz CT molecular complexity index is 730. The first-order chi connectivity index (χ1) is 12.0. The van der Waals surface area contributed by atoms with Gasteiger partial charge in [-0.05, 0) is 19.1 Å². The van der Waals surface area contributed by atoms with Crippen molar-refractivity contribution >= 4 is 21.6 Å². The Hall–Kier alpha value is -2.00. The van der Waals surface area contributed by atoms with Crippen LogP contribution < -0.4 is 13.8 Å². The van der Waals surface area contributed by atoms with Crippen LogP contribution in [0.4, 0.5) is 5.69 Å². The van der Waals surface area contributed by atoms with Crippen molar-refractivity contribution in [3.8, 4) is 11.5 Å². The second-order valence-electron chi connectivity index (χ2n) is 5.73. The molecule has 2 heterocycles. The molecule has 1 amide bonds. The number of nitrogens with zero attached hydrogens (tertiary/aromatic N) is 2. The first kappa shape index (κ1) is 17.8. The zero-order valence-electron chi connectivity index (χ0n) is 14.1. The molecule has 0 atom stereocenters. The Morgan fingerprint density at radius 2 is 1.80 bits per heavy atom. The number of hydrogen-bond acceptors (Lipinski definition) is 6. The summed E-state index contributed by atoms with van der Waals surface area (Å²) in [5.74, 6) is 0.718. The number of carbonyl (C=O) groups is 1. The minimum absolute atomic E-state index is 0.0994. The van der Waals surface area contributed by atoms with Crippen LogP contribution in [0, 0.1) is 0 Å². The predicted molar refractivity (Wildman–Crippen MR) is 91.6 cm³/mol. The zero-order valence-corrected chi connectivity index (χ0v) is 15.0. The fraction of sp³-hybridized carbons (Fsp3) is 0.562. The van der Waals surface area contributed by atoms with E-state index >= 15 is 0 Å². The third-order valence-corrected chi connectivity index (χ3v) is 5.90. The standard InChI is InChI=1S/C16H22N2O6S/c1-2-25(20,21)18(12-16(19)17-5-7-22-8-6-17)13-3-4-14-15(11-13)24-10-9-23-14/h3-4,11H,2,5-10,12H2,1H3. The lowest BCUT2D eigenvalue weighted by molar-refractivity contribution is -0.133. The summed E-state index contributed by atoms with van der Waals surface area (Å²) in [6.45, 7) is 4.06. The lowest BCUT2D eigenvalue weighted by Crippen LogP contribution is -2.47. The molecule has 3 rings (SSSR count). The number of benzene rings is 1. The van der Waals surface area contributed by atoms with E-state index in [9.17, 15) is 13.2 Å². The van der Waals surface area contributed by atoms with E-state index < -0.39 is 10.0 Å². The van der Waals surface area contributed by atoms with Gasteiger partial charge in [0, 0.05) is 19.2 Å². The maximum Gasteiger partial charge on any atom is 0.243 e. The van der Waals surface area contributed by atoms with Gasteiger partial charge in [-0.3, -0.25) is 9.10 Å². The van der Waals surface area contributed by atoms with E-state index in [1.165, 1.54) is 0 Å². The number of ether oxygens (including phenoxy) is 3. The van der Waals surface area contributed by atoms with E-state index in [0.717, 1.165) is 4.31 Å². The molecule has 1 fully saturated rings. The van der Waals surface area contributed by atoms with Crippen molar-refractivity contribution in [3.63, 3.8) is 0 Å². The van der Waals surface area contributed by atoms with Crippen molar-refractivity contribution in [3.05, 3.63) is 18.2 Å². The number of carbonyl (C=O) groups excluding carboxylic acids is 1. The van der Waals surface area contributed by atoms with Crippen LogP contribution in [0.5, 0.6) is 11.5 Å². The fourth-order valence-electron chi connectivity index (χ4n) is 2.73. The summed E-state index contributed by atoms with van der Waals surface area (Å²) in [6.07, 6.45) is 0. The van der Waals surface area contributed by atoms with Crippen molar-refractivity contribution < 1.29 is 27.4 Å². The first-order valence-corrected chi connectivity index (χ1v) is 9.88. The van der Waals surface area contributed by atoms with Crippen molar-refractivity contribution in [2.24, 2.45) is 0 Å². The van der Waals surface area contributed by atoms with Gasteiger partial charge in [0.1, 0.15) is 19.8 Å². The van der Waals surface area contributed by atoms with Gasteiger partial charge in [0.15, 0.2) is 11.5 Å². The largest absolute Gasteiger partial charge is 0.486 e. The van der Waals surface area contributed by atoms with Crippen molar-refractivity contribution in [1.29, 1.82) is 0 Å². The number of rotatable bonds is 5. The Kier molecular flexibility index (Phi) is 5.33. The summed E-state index contributed by atoms with van der Waals surface area (Å²) in [6, 6.07) is 4.91. The molecule has 0 N–H and O–H groups in total. The van der Waals surface area contributed by atoms with Gasteiger partial charge in [0.2, 0.25) is 15.9 Å². The number of hydrogen-bond donors (Lipinski definition) is 0. The lowest BCUT2D eigenvalue weighted by Gasteiger charge is -2.31. The third kappa shape index (κ3) is 3.98. The average Bonchev–Trinajstić information content (AvgIpc) is 2.66. The number of anilines is 1. The highest BCUT2D eigenvalue weighted by atomic mass is 32.2. The molecule has 0 bridgehead atoms. The van der Waals surface area contributed by atoms with Crippen LogP contribution in [-0.2, 0) is 19.6 Å². The van der Waals surface area contributed by atoms with Gasteiger partial charge in [-0.1, -0.05) is 0 Å². The zero-order chi connectivity index (χ0) is 17.9. The molecule has 9 heteroatoms. The average molecular weight is 370 g/mol. The molecular formula is C16H22N2O6S. The normalized spacial score (nSPS) is 17.2. The molecule has 0 aliphatic carbocycles. The molecule has 8 nitrogen and oxygen atoms in total. The summed E-state index contributed by atoms with van der Waals surface area (Å²) < 4.78 is 42.5. The second-order valence-corrected chi connectivity index (χ2v) is 7.91. The summed E-state index contributed by atoms with van der Waals surface area (Å²) >= 11 is 0. The van der Waals surface area contributed by atoms with Crippen molar-refractivity contribution in [1.82, 2.24) is 4.90 Å². The fourth-order valence-corrected chi connectivity index (χ4v) is 3.78. The molecule has 0 unspecified atom stereocenters. The third-order valence-electron chi connectivity index (χ3n) is 4.16. The molecule has 1 aromatic rings. The molecule has 25 heavy (non-hydrogen) atoms. The quantitative estimate of drug-likeness (QED) is 0.749. The monoisotopic (exact) mass is 370 g/mol. The molecule has 0 saturated carbocycles. The topological polar surface area (TPSA) is 85.4 Å². The van der Waals surface area contributed by atoms with Crippen LogP contribution in [0.3, 0.4) is 0 Å². The molecule has 0 aromatic heterocycles. The predicted octanol–water partition coefficient (Wildman–Crippen LogP) is 0.473. The minimum atomic E-state index is -3.62. The van der Waals surface area contributed by atoms with Crippen LogP contribution in [0.15, 0.2) is 18.2 Å². The molecule has 1 saturated heterocycles. The number of sulfonamides is 1. The van der Waals surface area contributed by atoms with Crippen LogP contribution in [0.1, 0.15) is 6.92 Å². The maximum absolute atomic E-state index is 12.5. The van der Waals surface area contributed by atoms with E-state index in [-0.39, 0.29) is 18.2 Å². The van der Waals surface area contributed by atoms with Crippen LogP contribution in [0.25, 0.3) is 0 Å². The van der Waals surface area contributed by atoms with Gasteiger partial charge >= 0.3 is 0 Å². The van der Waals surface area contributed by atoms with Gasteiger partial charge in [0.05, 0.1) is 24.7 Å². The van der Waals surface area contributed by atoms with E-state index in [4.69, 9.17) is 14.2 Å². The number of amides is 1. The Balaban J connectivity index is 1.86. The van der Waals surface area contributed by atoms with Gasteiger partial charge in [-0.25, -0.2) is 8.42 Å². The summed E-state index contributed by atoms with van der Waals surface area (Å²) in [7, 11) is -3.62. The Morgan fingerprint density at radius 1 is 1.12 bits per heavy atom. The smallest absolute Gasteiger partial charge is 0.243 e. The van der Waals surface area contributed by atoms with E-state index in [0.29, 0.717) is 56.7 Å². The van der Waals surface area contributed by atoms with E-state index in [2.05, 4.69) is 0 Å². The van der Waals surface area contributed by atoms with Gasteiger partial charge < -0.3 is 19.1 Å². The SMILES string of the molecule is CCS(=O)(=O)N(CC(=O)N1CCOCC1)c1ccc2c(c1)OCCO2. The van der Waals surface area contributed by atoms with Gasteiger partial charge in [-0.2, -0.15) is 0 Å². The lowest BCUT2D eigenvalue weighted by atomic mass is 10.2. The van der Waals surface area contributed by atoms with Crippen LogP contribution in [0.2, 0.25) is 0 Å². The molecular weight excluding hydrogens is 348 g/mol. The minimum Gasteiger partial charge on any atom is -0.486 e. The molecule has 2 aliphatic heterocycles. The number of fused-ring (bicyclic) bond motifs is 1. The second kappa shape index (κ2) is 7.49. The highest BCUT2D eigenvalue weighted by Gasteiger charge is 2.28. The van der Waals surface area contributed by atoms with Gasteiger partial charge in [0.25, 0.3) is 0 Å². The molecule has 138 valence electrons. The maximum atomic E-state index is 12.5. The van der Waals surface area contributed by atoms with E-state index in [1.807, 2.05) is 0 Å². The van der Waals surface area contributed by atoms with Crippen LogP contribution in [-0.4, -0.2) is 71.0 Å². The Morgan fingerprint density at radius 3 is 2.48 bits per heavy atom. The number of morpholine rings is 1. The summed E-state index contributed by atoms with van der Waals surface area (Å²) in [5, 5.41) is 0. The molecule has 0 radical (unpaired) electrons. The highest BCUT2D eigenvalue weighted by Crippen LogP contribution is 2.34. The first-order valence-electron chi connectivity index (χ1n) is 8.27. The molecule has 2 aliphatic rings. The molecule has 0 spiro atoms.